The van der Waals surface area contributed by atoms with E-state index in [-0.39, 0.29) is 11.9 Å². The first-order valence-electron chi connectivity index (χ1n) is 10.3. The average Bonchev–Trinajstić information content (AvgIpc) is 3.10. The maximum atomic E-state index is 12.9. The maximum Gasteiger partial charge on any atom is 0.254 e. The number of amides is 1. The number of hydrogen-bond acceptors (Lipinski definition) is 3. The molecule has 4 rings (SSSR count). The SMILES string of the molecule is Cc1nn2c(C)c(C(=O)NC(C)CCc3ccccc3)cnc2c1-c1ccccc1. The molecule has 2 aromatic heterocycles. The third kappa shape index (κ3) is 3.96. The second-order valence-corrected chi connectivity index (χ2v) is 7.72. The Kier molecular flexibility index (Phi) is 5.61. The number of carbonyl (C=O) groups is 1. The van der Waals surface area contributed by atoms with Crippen LogP contribution >= 0.6 is 0 Å². The van der Waals surface area contributed by atoms with Crippen LogP contribution < -0.4 is 5.32 Å². The van der Waals surface area contributed by atoms with Gasteiger partial charge in [-0.3, -0.25) is 4.79 Å². The number of aryl methyl sites for hydroxylation is 3. The highest BCUT2D eigenvalue weighted by Gasteiger charge is 2.19. The van der Waals surface area contributed by atoms with Crippen molar-refractivity contribution in [3.63, 3.8) is 0 Å². The van der Waals surface area contributed by atoms with Crippen LogP contribution in [0.4, 0.5) is 0 Å². The van der Waals surface area contributed by atoms with Crippen LogP contribution in [0.2, 0.25) is 0 Å². The maximum absolute atomic E-state index is 12.9. The molecule has 0 fully saturated rings. The molecule has 1 N–H and O–H groups in total. The van der Waals surface area contributed by atoms with Crippen molar-refractivity contribution in [1.82, 2.24) is 19.9 Å². The first-order chi connectivity index (χ1) is 14.5. The Morgan fingerprint density at radius 1 is 1.03 bits per heavy atom. The fourth-order valence-electron chi connectivity index (χ4n) is 3.77. The lowest BCUT2D eigenvalue weighted by Gasteiger charge is -2.15. The second-order valence-electron chi connectivity index (χ2n) is 7.72. The third-order valence-electron chi connectivity index (χ3n) is 5.45. The van der Waals surface area contributed by atoms with Crippen molar-refractivity contribution in [2.75, 3.05) is 0 Å². The van der Waals surface area contributed by atoms with Crippen LogP contribution in [0.15, 0.2) is 66.9 Å². The van der Waals surface area contributed by atoms with Crippen LogP contribution in [0.5, 0.6) is 0 Å². The summed E-state index contributed by atoms with van der Waals surface area (Å²) in [7, 11) is 0. The summed E-state index contributed by atoms with van der Waals surface area (Å²) in [6, 6.07) is 20.5. The van der Waals surface area contributed by atoms with Gasteiger partial charge in [0.1, 0.15) is 0 Å². The van der Waals surface area contributed by atoms with Gasteiger partial charge < -0.3 is 5.32 Å². The highest BCUT2D eigenvalue weighted by Crippen LogP contribution is 2.27. The van der Waals surface area contributed by atoms with E-state index in [2.05, 4.69) is 39.7 Å². The first kappa shape index (κ1) is 19.8. The van der Waals surface area contributed by atoms with E-state index in [1.807, 2.05) is 57.2 Å². The van der Waals surface area contributed by atoms with E-state index >= 15 is 0 Å². The van der Waals surface area contributed by atoms with Crippen LogP contribution in [0.1, 0.15) is 40.7 Å². The molecule has 0 radical (unpaired) electrons. The molecule has 1 unspecified atom stereocenters. The molecule has 1 atom stereocenters. The number of nitrogens with one attached hydrogen (secondary N) is 1. The molecule has 0 bridgehead atoms. The largest absolute Gasteiger partial charge is 0.349 e. The van der Waals surface area contributed by atoms with Gasteiger partial charge in [0.2, 0.25) is 0 Å². The summed E-state index contributed by atoms with van der Waals surface area (Å²) in [6.45, 7) is 5.93. The van der Waals surface area contributed by atoms with Crippen molar-refractivity contribution in [3.8, 4) is 11.1 Å². The molecule has 5 nitrogen and oxygen atoms in total. The summed E-state index contributed by atoms with van der Waals surface area (Å²) in [4.78, 5) is 17.5. The lowest BCUT2D eigenvalue weighted by molar-refractivity contribution is 0.0936. The average molecular weight is 399 g/mol. The predicted octanol–water partition coefficient (Wildman–Crippen LogP) is 4.76. The van der Waals surface area contributed by atoms with Crippen LogP contribution in [0, 0.1) is 13.8 Å². The molecule has 1 amide bonds. The third-order valence-corrected chi connectivity index (χ3v) is 5.45. The Labute approximate surface area is 176 Å². The van der Waals surface area contributed by atoms with Gasteiger partial charge in [-0.15, -0.1) is 0 Å². The van der Waals surface area contributed by atoms with Crippen LogP contribution in [-0.2, 0) is 6.42 Å². The molecule has 4 aromatic rings. The summed E-state index contributed by atoms with van der Waals surface area (Å²) in [6.07, 6.45) is 3.47. The fourth-order valence-corrected chi connectivity index (χ4v) is 3.77. The van der Waals surface area contributed by atoms with Crippen molar-refractivity contribution in [2.45, 2.75) is 39.7 Å². The Balaban J connectivity index is 1.54. The van der Waals surface area contributed by atoms with E-state index in [4.69, 9.17) is 0 Å². The highest BCUT2D eigenvalue weighted by atomic mass is 16.1. The summed E-state index contributed by atoms with van der Waals surface area (Å²) in [5, 5.41) is 7.77. The van der Waals surface area contributed by atoms with Crippen molar-refractivity contribution in [2.24, 2.45) is 0 Å². The molecule has 0 saturated carbocycles. The van der Waals surface area contributed by atoms with Gasteiger partial charge in [-0.05, 0) is 44.7 Å². The van der Waals surface area contributed by atoms with Gasteiger partial charge in [0, 0.05) is 17.8 Å². The second kappa shape index (κ2) is 8.49. The summed E-state index contributed by atoms with van der Waals surface area (Å²) in [5.74, 6) is -0.114. The van der Waals surface area contributed by atoms with E-state index < -0.39 is 0 Å². The Morgan fingerprint density at radius 3 is 2.40 bits per heavy atom. The molecule has 152 valence electrons. The topological polar surface area (TPSA) is 59.3 Å². The van der Waals surface area contributed by atoms with Crippen molar-refractivity contribution in [3.05, 3.63) is 89.4 Å². The van der Waals surface area contributed by atoms with E-state index in [0.717, 1.165) is 41.0 Å². The van der Waals surface area contributed by atoms with Crippen molar-refractivity contribution < 1.29 is 4.79 Å². The number of carbonyl (C=O) groups excluding carboxylic acids is 1. The minimum Gasteiger partial charge on any atom is -0.349 e. The zero-order valence-corrected chi connectivity index (χ0v) is 17.6. The van der Waals surface area contributed by atoms with Crippen LogP contribution in [-0.4, -0.2) is 26.5 Å². The molecule has 2 heterocycles. The minimum atomic E-state index is -0.114. The Morgan fingerprint density at radius 2 is 1.70 bits per heavy atom. The summed E-state index contributed by atoms with van der Waals surface area (Å²) in [5.41, 5.74) is 6.36. The molecule has 0 aliphatic heterocycles. The molecular formula is C25H26N4O. The zero-order valence-electron chi connectivity index (χ0n) is 17.6. The molecular weight excluding hydrogens is 372 g/mol. The highest BCUT2D eigenvalue weighted by molar-refractivity contribution is 5.95. The van der Waals surface area contributed by atoms with Gasteiger partial charge in [-0.1, -0.05) is 60.7 Å². The molecule has 0 saturated heterocycles. The lowest BCUT2D eigenvalue weighted by atomic mass is 10.1. The monoisotopic (exact) mass is 398 g/mol. The lowest BCUT2D eigenvalue weighted by Crippen LogP contribution is -2.33. The van der Waals surface area contributed by atoms with Crippen LogP contribution in [0.3, 0.4) is 0 Å². The van der Waals surface area contributed by atoms with Gasteiger partial charge in [0.25, 0.3) is 5.91 Å². The normalized spacial score (nSPS) is 12.1. The fraction of sp³-hybridized carbons (Fsp3) is 0.240. The van der Waals surface area contributed by atoms with Gasteiger partial charge >= 0.3 is 0 Å². The molecule has 0 aliphatic rings. The predicted molar refractivity (Wildman–Crippen MR) is 120 cm³/mol. The van der Waals surface area contributed by atoms with Gasteiger partial charge in [0.05, 0.1) is 17.0 Å². The van der Waals surface area contributed by atoms with Crippen molar-refractivity contribution in [1.29, 1.82) is 0 Å². The van der Waals surface area contributed by atoms with Gasteiger partial charge in [0.15, 0.2) is 5.65 Å². The number of nitrogens with zero attached hydrogens (tertiary/aromatic N) is 3. The molecule has 2 aromatic carbocycles. The first-order valence-corrected chi connectivity index (χ1v) is 10.3. The van der Waals surface area contributed by atoms with E-state index in [1.165, 1.54) is 5.56 Å². The number of hydrogen-bond donors (Lipinski definition) is 1. The van der Waals surface area contributed by atoms with E-state index in [1.54, 1.807) is 10.7 Å². The zero-order chi connectivity index (χ0) is 21.1. The van der Waals surface area contributed by atoms with Gasteiger partial charge in [-0.2, -0.15) is 5.10 Å². The molecule has 30 heavy (non-hydrogen) atoms. The molecule has 5 heteroatoms. The molecule has 0 aliphatic carbocycles. The standard InChI is InChI=1S/C25H26N4O/c1-17(14-15-20-10-6-4-7-11-20)27-25(30)22-16-26-24-23(21-12-8-5-9-13-21)18(2)28-29(24)19(22)3/h4-13,16-17H,14-15H2,1-3H3,(H,27,30). The van der Waals surface area contributed by atoms with Crippen LogP contribution in [0.25, 0.3) is 16.8 Å². The summed E-state index contributed by atoms with van der Waals surface area (Å²) < 4.78 is 1.78. The smallest absolute Gasteiger partial charge is 0.254 e. The minimum absolute atomic E-state index is 0.0621. The van der Waals surface area contributed by atoms with E-state index in [0.29, 0.717) is 5.56 Å². The number of rotatable bonds is 6. The summed E-state index contributed by atoms with van der Waals surface area (Å²) >= 11 is 0. The van der Waals surface area contributed by atoms with Gasteiger partial charge in [-0.25, -0.2) is 9.50 Å². The quantitative estimate of drug-likeness (QED) is 0.509. The molecule has 0 spiro atoms. The number of fused-ring (bicyclic) bond motifs is 1. The number of benzene rings is 2. The number of aromatic nitrogens is 3. The Bertz CT molecular complexity index is 1170. The van der Waals surface area contributed by atoms with Crippen molar-refractivity contribution >= 4 is 11.6 Å². The van der Waals surface area contributed by atoms with E-state index in [9.17, 15) is 4.79 Å². The Hall–Kier alpha value is -3.47.